The lowest BCUT2D eigenvalue weighted by molar-refractivity contribution is 0.279. The van der Waals surface area contributed by atoms with Crippen LogP contribution in [0.4, 0.5) is 4.39 Å². The Morgan fingerprint density at radius 3 is 2.59 bits per heavy atom. The zero-order valence-electron chi connectivity index (χ0n) is 18.5. The second kappa shape index (κ2) is 10.6. The zero-order valence-corrected chi connectivity index (χ0v) is 20.0. The lowest BCUT2D eigenvalue weighted by Crippen LogP contribution is -2.16. The van der Waals surface area contributed by atoms with Crippen LogP contribution in [0.15, 0.2) is 60.7 Å². The van der Waals surface area contributed by atoms with Crippen LogP contribution in [0.2, 0.25) is 5.02 Å². The third kappa shape index (κ3) is 5.00. The summed E-state index contributed by atoms with van der Waals surface area (Å²) in [4.78, 5) is 0. The highest BCUT2D eigenvalue weighted by atomic mass is 35.5. The minimum absolute atomic E-state index is 0.0219. The lowest BCUT2D eigenvalue weighted by atomic mass is 10.2. The SMILES string of the molecule is COc1cc(CNn2c(-c3ccccc3OC)n[nH]c2=S)ccc1OCc1c(F)cccc1Cl. The Bertz CT molecular complexity index is 1340. The van der Waals surface area contributed by atoms with Crippen molar-refractivity contribution in [3.05, 3.63) is 87.4 Å². The number of nitrogens with zero attached hydrogens (tertiary/aromatic N) is 2. The Morgan fingerprint density at radius 2 is 1.82 bits per heavy atom. The van der Waals surface area contributed by atoms with E-state index >= 15 is 0 Å². The number of aromatic nitrogens is 3. The molecule has 0 fully saturated rings. The average molecular weight is 501 g/mol. The van der Waals surface area contributed by atoms with Crippen molar-refractivity contribution in [3.8, 4) is 28.6 Å². The molecular weight excluding hydrogens is 479 g/mol. The number of para-hydroxylation sites is 1. The van der Waals surface area contributed by atoms with Crippen LogP contribution in [0, 0.1) is 10.6 Å². The molecular formula is C24H22ClFN4O3S. The van der Waals surface area contributed by atoms with E-state index in [0.29, 0.717) is 39.4 Å². The number of halogens is 2. The summed E-state index contributed by atoms with van der Waals surface area (Å²) in [6.45, 7) is 0.400. The van der Waals surface area contributed by atoms with Crippen molar-refractivity contribution in [2.45, 2.75) is 13.2 Å². The summed E-state index contributed by atoms with van der Waals surface area (Å²) in [7, 11) is 3.15. The predicted octanol–water partition coefficient (Wildman–Crippen LogP) is 5.74. The van der Waals surface area contributed by atoms with Crippen molar-refractivity contribution in [1.82, 2.24) is 14.9 Å². The number of hydrogen-bond donors (Lipinski definition) is 2. The molecule has 2 N–H and O–H groups in total. The van der Waals surface area contributed by atoms with Crippen LogP contribution in [-0.4, -0.2) is 29.1 Å². The van der Waals surface area contributed by atoms with Gasteiger partial charge in [-0.2, -0.15) is 5.10 Å². The van der Waals surface area contributed by atoms with Crippen LogP contribution in [0.1, 0.15) is 11.1 Å². The van der Waals surface area contributed by atoms with Crippen molar-refractivity contribution in [2.24, 2.45) is 0 Å². The van der Waals surface area contributed by atoms with Crippen molar-refractivity contribution in [1.29, 1.82) is 0 Å². The van der Waals surface area contributed by atoms with Crippen LogP contribution in [-0.2, 0) is 13.2 Å². The first-order chi connectivity index (χ1) is 16.5. The number of aromatic amines is 1. The van der Waals surface area contributed by atoms with E-state index in [9.17, 15) is 4.39 Å². The monoisotopic (exact) mass is 500 g/mol. The number of benzene rings is 3. The second-order valence-corrected chi connectivity index (χ2v) is 7.99. The Hall–Kier alpha value is -3.56. The van der Waals surface area contributed by atoms with Crippen LogP contribution in [0.5, 0.6) is 17.2 Å². The van der Waals surface area contributed by atoms with E-state index in [1.807, 2.05) is 36.4 Å². The van der Waals surface area contributed by atoms with Gasteiger partial charge in [-0.1, -0.05) is 35.9 Å². The van der Waals surface area contributed by atoms with Gasteiger partial charge in [-0.3, -0.25) is 0 Å². The maximum absolute atomic E-state index is 14.0. The molecule has 0 amide bonds. The maximum atomic E-state index is 14.0. The Labute approximate surface area is 206 Å². The van der Waals surface area contributed by atoms with Gasteiger partial charge in [0.1, 0.15) is 18.2 Å². The fraction of sp³-hybridized carbons (Fsp3) is 0.167. The molecule has 4 rings (SSSR count). The third-order valence-corrected chi connectivity index (χ3v) is 5.75. The molecule has 0 spiro atoms. The van der Waals surface area contributed by atoms with Gasteiger partial charge < -0.3 is 19.6 Å². The summed E-state index contributed by atoms with van der Waals surface area (Å²) in [5.41, 5.74) is 5.25. The highest BCUT2D eigenvalue weighted by Gasteiger charge is 2.14. The van der Waals surface area contributed by atoms with E-state index in [0.717, 1.165) is 11.1 Å². The van der Waals surface area contributed by atoms with Gasteiger partial charge in [-0.05, 0) is 54.2 Å². The summed E-state index contributed by atoms with van der Waals surface area (Å²) in [6.07, 6.45) is 0. The number of nitrogens with one attached hydrogen (secondary N) is 2. The molecule has 0 aliphatic carbocycles. The van der Waals surface area contributed by atoms with E-state index in [1.54, 1.807) is 37.1 Å². The second-order valence-electron chi connectivity index (χ2n) is 7.20. The van der Waals surface area contributed by atoms with Gasteiger partial charge in [0, 0.05) is 5.56 Å². The summed E-state index contributed by atoms with van der Waals surface area (Å²) < 4.78 is 32.8. The quantitative estimate of drug-likeness (QED) is 0.285. The molecule has 0 aliphatic heterocycles. The first-order valence-corrected chi connectivity index (χ1v) is 11.1. The smallest absolute Gasteiger partial charge is 0.214 e. The Morgan fingerprint density at radius 1 is 1.03 bits per heavy atom. The van der Waals surface area contributed by atoms with Gasteiger partial charge in [-0.25, -0.2) is 14.2 Å². The van der Waals surface area contributed by atoms with E-state index in [1.165, 1.54) is 6.07 Å². The lowest BCUT2D eigenvalue weighted by Gasteiger charge is -2.15. The predicted molar refractivity (Wildman–Crippen MR) is 131 cm³/mol. The number of rotatable bonds is 9. The minimum atomic E-state index is -0.421. The third-order valence-electron chi connectivity index (χ3n) is 5.12. The maximum Gasteiger partial charge on any atom is 0.214 e. The molecule has 1 aromatic heterocycles. The molecule has 3 aromatic carbocycles. The average Bonchev–Trinajstić information content (AvgIpc) is 3.22. The van der Waals surface area contributed by atoms with Crippen molar-refractivity contribution < 1.29 is 18.6 Å². The topological polar surface area (TPSA) is 73.3 Å². The molecule has 0 saturated heterocycles. The number of methoxy groups -OCH3 is 2. The van der Waals surface area contributed by atoms with Gasteiger partial charge in [0.25, 0.3) is 0 Å². The first kappa shape index (κ1) is 23.6. The van der Waals surface area contributed by atoms with Crippen LogP contribution in [0.3, 0.4) is 0 Å². The number of hydrogen-bond acceptors (Lipinski definition) is 6. The van der Waals surface area contributed by atoms with E-state index < -0.39 is 5.82 Å². The summed E-state index contributed by atoms with van der Waals surface area (Å²) >= 11 is 11.5. The summed E-state index contributed by atoms with van der Waals surface area (Å²) in [6, 6.07) is 17.5. The largest absolute Gasteiger partial charge is 0.496 e. The van der Waals surface area contributed by atoms with Gasteiger partial charge in [0.2, 0.25) is 4.77 Å². The molecule has 0 radical (unpaired) electrons. The summed E-state index contributed by atoms with van der Waals surface area (Å²) in [5, 5.41) is 7.46. The van der Waals surface area contributed by atoms with Gasteiger partial charge in [0.05, 0.1) is 31.4 Å². The standard InChI is InChI=1S/C24H22ClFN4O3S/c1-31-20-9-4-3-6-16(20)23-28-29-24(34)30(23)27-13-15-10-11-21(22(12-15)32-2)33-14-17-18(25)7-5-8-19(17)26/h3-12,27H,13-14H2,1-2H3,(H,29,34). The fourth-order valence-electron chi connectivity index (χ4n) is 3.39. The molecule has 0 aliphatic rings. The van der Waals surface area contributed by atoms with Gasteiger partial charge in [-0.15, -0.1) is 0 Å². The van der Waals surface area contributed by atoms with E-state index in [4.69, 9.17) is 38.0 Å². The first-order valence-electron chi connectivity index (χ1n) is 10.3. The van der Waals surface area contributed by atoms with Gasteiger partial charge in [0.15, 0.2) is 17.3 Å². The Balaban J connectivity index is 1.51. The highest BCUT2D eigenvalue weighted by molar-refractivity contribution is 7.71. The molecule has 7 nitrogen and oxygen atoms in total. The van der Waals surface area contributed by atoms with Gasteiger partial charge >= 0.3 is 0 Å². The molecule has 1 heterocycles. The van der Waals surface area contributed by atoms with E-state index in [-0.39, 0.29) is 12.2 Å². The van der Waals surface area contributed by atoms with E-state index in [2.05, 4.69) is 15.6 Å². The molecule has 0 atom stereocenters. The fourth-order valence-corrected chi connectivity index (χ4v) is 3.80. The zero-order chi connectivity index (χ0) is 24.1. The molecule has 34 heavy (non-hydrogen) atoms. The van der Waals surface area contributed by atoms with Crippen molar-refractivity contribution >= 4 is 23.8 Å². The summed E-state index contributed by atoms with van der Waals surface area (Å²) in [5.74, 6) is 1.83. The normalized spacial score (nSPS) is 10.7. The molecule has 0 bridgehead atoms. The number of ether oxygens (including phenoxy) is 3. The van der Waals surface area contributed by atoms with Crippen molar-refractivity contribution in [3.63, 3.8) is 0 Å². The number of H-pyrrole nitrogens is 1. The molecule has 0 unspecified atom stereocenters. The molecule has 176 valence electrons. The van der Waals surface area contributed by atoms with Crippen molar-refractivity contribution in [2.75, 3.05) is 19.6 Å². The molecule has 10 heteroatoms. The Kier molecular flexibility index (Phi) is 7.34. The minimum Gasteiger partial charge on any atom is -0.496 e. The molecule has 0 saturated carbocycles. The molecule has 4 aromatic rings. The van der Waals surface area contributed by atoms with Crippen LogP contribution < -0.4 is 19.6 Å². The van der Waals surface area contributed by atoms with Crippen LogP contribution in [0.25, 0.3) is 11.4 Å². The van der Waals surface area contributed by atoms with Crippen LogP contribution >= 0.6 is 23.8 Å². The highest BCUT2D eigenvalue weighted by Crippen LogP contribution is 2.31.